The minimum atomic E-state index is -3.68. The van der Waals surface area contributed by atoms with Crippen LogP contribution in [0.25, 0.3) is 11.1 Å². The molecule has 40 heavy (non-hydrogen) atoms. The lowest BCUT2D eigenvalue weighted by Gasteiger charge is -2.08. The number of benzene rings is 5. The first kappa shape index (κ1) is 28.2. The molecule has 0 N–H and O–H groups in total. The Morgan fingerprint density at radius 2 is 0.725 bits per heavy atom. The highest BCUT2D eigenvalue weighted by atomic mass is 32.2. The lowest BCUT2D eigenvalue weighted by molar-refractivity contribution is 0.595. The molecule has 0 amide bonds. The first-order valence-corrected chi connectivity index (χ1v) is 17.4. The summed E-state index contributed by atoms with van der Waals surface area (Å²) in [6.07, 6.45) is 1.16. The van der Waals surface area contributed by atoms with Crippen LogP contribution in [0, 0.1) is 6.92 Å². The van der Waals surface area contributed by atoms with E-state index in [1.807, 2.05) is 12.1 Å². The van der Waals surface area contributed by atoms with Gasteiger partial charge in [0.25, 0.3) is 0 Å². The summed E-state index contributed by atoms with van der Waals surface area (Å²) in [5, 5.41) is 0. The smallest absolute Gasteiger partial charge is 0.206 e. The first-order chi connectivity index (χ1) is 19.1. The van der Waals surface area contributed by atoms with Crippen molar-refractivity contribution in [2.24, 2.45) is 0 Å². The largest absolute Gasteiger partial charge is 0.224 e. The molecule has 0 radical (unpaired) electrons. The zero-order valence-electron chi connectivity index (χ0n) is 21.8. The van der Waals surface area contributed by atoms with Gasteiger partial charge in [-0.05, 0) is 103 Å². The topological polar surface area (TPSA) is 68.3 Å². The van der Waals surface area contributed by atoms with Crippen molar-refractivity contribution >= 4 is 43.2 Å². The van der Waals surface area contributed by atoms with Crippen LogP contribution in [0.2, 0.25) is 0 Å². The summed E-state index contributed by atoms with van der Waals surface area (Å²) in [7, 11) is -6.96. The van der Waals surface area contributed by atoms with E-state index in [0.29, 0.717) is 0 Å². The molecule has 0 heterocycles. The molecule has 0 spiro atoms. The second-order valence-electron chi connectivity index (χ2n) is 9.28. The van der Waals surface area contributed by atoms with E-state index in [-0.39, 0.29) is 14.7 Å². The van der Waals surface area contributed by atoms with Gasteiger partial charge in [-0.1, -0.05) is 65.5 Å². The number of rotatable bonds is 8. The van der Waals surface area contributed by atoms with Gasteiger partial charge in [-0.2, -0.15) is 0 Å². The third kappa shape index (κ3) is 6.70. The van der Waals surface area contributed by atoms with E-state index in [1.54, 1.807) is 84.2 Å². The van der Waals surface area contributed by atoms with Gasteiger partial charge in [-0.3, -0.25) is 0 Å². The van der Waals surface area contributed by atoms with Crippen molar-refractivity contribution in [2.75, 3.05) is 6.26 Å². The summed E-state index contributed by atoms with van der Waals surface area (Å²) in [5.74, 6) is 0. The molecular formula is C32H26O4S4. The van der Waals surface area contributed by atoms with Crippen molar-refractivity contribution < 1.29 is 16.8 Å². The summed E-state index contributed by atoms with van der Waals surface area (Å²) in [4.78, 5) is 5.05. The standard InChI is InChI=1S/C32H26O4S4/c1-23-3-9-26(10-4-23)37-27-11-13-28(14-12-27)38-29-15-21-32(22-16-29)40(35,36)31-19-7-25(8-20-31)24-5-17-30(18-6-24)39(2,33)34/h3-22H,1-2H3. The van der Waals surface area contributed by atoms with E-state index in [9.17, 15) is 16.8 Å². The Morgan fingerprint density at radius 1 is 0.425 bits per heavy atom. The van der Waals surface area contributed by atoms with Gasteiger partial charge in [-0.25, -0.2) is 16.8 Å². The van der Waals surface area contributed by atoms with E-state index in [1.165, 1.54) is 10.5 Å². The van der Waals surface area contributed by atoms with Crippen LogP contribution in [0.5, 0.6) is 0 Å². The van der Waals surface area contributed by atoms with Gasteiger partial charge < -0.3 is 0 Å². The highest BCUT2D eigenvalue weighted by Gasteiger charge is 2.18. The van der Waals surface area contributed by atoms with Crippen LogP contribution in [0.3, 0.4) is 0 Å². The Balaban J connectivity index is 1.25. The Bertz CT molecular complexity index is 1830. The maximum absolute atomic E-state index is 13.2. The normalized spacial score (nSPS) is 11.8. The summed E-state index contributed by atoms with van der Waals surface area (Å²) in [5.41, 5.74) is 2.84. The molecule has 0 saturated carbocycles. The second kappa shape index (κ2) is 11.7. The molecule has 0 atom stereocenters. The summed E-state index contributed by atoms with van der Waals surface area (Å²) in [6.45, 7) is 2.08. The molecule has 0 aliphatic carbocycles. The van der Waals surface area contributed by atoms with Crippen molar-refractivity contribution in [3.8, 4) is 11.1 Å². The van der Waals surface area contributed by atoms with E-state index < -0.39 is 19.7 Å². The number of sulfone groups is 2. The highest BCUT2D eigenvalue weighted by Crippen LogP contribution is 2.33. The summed E-state index contributed by atoms with van der Waals surface area (Å²) >= 11 is 3.30. The molecule has 5 aromatic carbocycles. The van der Waals surface area contributed by atoms with Crippen LogP contribution >= 0.6 is 23.5 Å². The molecule has 0 aliphatic rings. The van der Waals surface area contributed by atoms with Gasteiger partial charge in [0.2, 0.25) is 9.84 Å². The molecular weight excluding hydrogens is 577 g/mol. The Morgan fingerprint density at radius 3 is 1.10 bits per heavy atom. The molecule has 0 saturated heterocycles. The van der Waals surface area contributed by atoms with Crippen LogP contribution in [0.15, 0.2) is 156 Å². The molecule has 0 unspecified atom stereocenters. The average Bonchev–Trinajstić information content (AvgIpc) is 2.95. The van der Waals surface area contributed by atoms with Crippen LogP contribution in [0.1, 0.15) is 5.56 Å². The third-order valence-corrected chi connectivity index (χ3v) is 11.2. The molecule has 5 aromatic rings. The molecule has 202 valence electrons. The Kier molecular flexibility index (Phi) is 8.24. The molecule has 4 nitrogen and oxygen atoms in total. The van der Waals surface area contributed by atoms with Crippen molar-refractivity contribution in [1.29, 1.82) is 0 Å². The van der Waals surface area contributed by atoms with E-state index >= 15 is 0 Å². The van der Waals surface area contributed by atoms with Crippen LogP contribution in [0.4, 0.5) is 0 Å². The lowest BCUT2D eigenvalue weighted by atomic mass is 10.1. The van der Waals surface area contributed by atoms with Crippen molar-refractivity contribution in [2.45, 2.75) is 41.2 Å². The molecule has 0 aromatic heterocycles. The fraction of sp³-hybridized carbons (Fsp3) is 0.0625. The van der Waals surface area contributed by atoms with Gasteiger partial charge in [-0.15, -0.1) is 0 Å². The average molecular weight is 603 g/mol. The van der Waals surface area contributed by atoms with Crippen molar-refractivity contribution in [1.82, 2.24) is 0 Å². The van der Waals surface area contributed by atoms with Crippen molar-refractivity contribution in [3.63, 3.8) is 0 Å². The molecule has 0 fully saturated rings. The van der Waals surface area contributed by atoms with Crippen LogP contribution < -0.4 is 0 Å². The van der Waals surface area contributed by atoms with Crippen LogP contribution in [-0.4, -0.2) is 23.1 Å². The van der Waals surface area contributed by atoms with Crippen LogP contribution in [-0.2, 0) is 19.7 Å². The minimum absolute atomic E-state index is 0.200. The number of hydrogen-bond acceptors (Lipinski definition) is 6. The quantitative estimate of drug-likeness (QED) is 0.178. The molecule has 5 rings (SSSR count). The Labute approximate surface area is 244 Å². The van der Waals surface area contributed by atoms with Gasteiger partial charge in [0.1, 0.15) is 0 Å². The molecule has 0 bridgehead atoms. The maximum Gasteiger partial charge on any atom is 0.206 e. The predicted octanol–water partition coefficient (Wildman–Crippen LogP) is 8.20. The lowest BCUT2D eigenvalue weighted by Crippen LogP contribution is -2.01. The highest BCUT2D eigenvalue weighted by molar-refractivity contribution is 7.99. The van der Waals surface area contributed by atoms with E-state index in [4.69, 9.17) is 0 Å². The molecule has 0 aliphatic heterocycles. The van der Waals surface area contributed by atoms with Gasteiger partial charge in [0.05, 0.1) is 14.7 Å². The summed E-state index contributed by atoms with van der Waals surface area (Å²) in [6, 6.07) is 36.8. The predicted molar refractivity (Wildman–Crippen MR) is 163 cm³/mol. The fourth-order valence-corrected chi connectivity index (χ4v) is 7.52. The van der Waals surface area contributed by atoms with Crippen molar-refractivity contribution in [3.05, 3.63) is 127 Å². The minimum Gasteiger partial charge on any atom is -0.224 e. The number of aryl methyl sites for hydroxylation is 1. The van der Waals surface area contributed by atoms with E-state index in [2.05, 4.69) is 55.5 Å². The van der Waals surface area contributed by atoms with E-state index in [0.717, 1.165) is 32.1 Å². The van der Waals surface area contributed by atoms with Gasteiger partial charge in [0.15, 0.2) is 9.84 Å². The first-order valence-electron chi connectivity index (χ1n) is 12.4. The monoisotopic (exact) mass is 602 g/mol. The second-order valence-corrected chi connectivity index (χ2v) is 15.5. The molecule has 8 heteroatoms. The summed E-state index contributed by atoms with van der Waals surface area (Å²) < 4.78 is 49.9. The Hall–Kier alpha value is -3.30. The zero-order valence-corrected chi connectivity index (χ0v) is 25.1. The van der Waals surface area contributed by atoms with Gasteiger partial charge >= 0.3 is 0 Å². The van der Waals surface area contributed by atoms with Gasteiger partial charge in [0, 0.05) is 25.8 Å². The fourth-order valence-electron chi connectivity index (χ4n) is 4.00. The SMILES string of the molecule is Cc1ccc(Sc2ccc(Sc3ccc(S(=O)(=O)c4ccc(-c5ccc(S(C)(=O)=O)cc5)cc4)cc3)cc2)cc1. The zero-order chi connectivity index (χ0) is 28.3. The third-order valence-electron chi connectivity index (χ3n) is 6.23. The number of hydrogen-bond donors (Lipinski definition) is 0. The maximum atomic E-state index is 13.2.